The average Bonchev–Trinajstić information content (AvgIpc) is 2.43. The molecular weight excluding hydrogens is 270 g/mol. The quantitative estimate of drug-likeness (QED) is 0.644. The molecule has 0 heterocycles. The smallest absolute Gasteiger partial charge is 0.319 e. The van der Waals surface area contributed by atoms with Crippen molar-refractivity contribution in [3.63, 3.8) is 0 Å². The molecule has 4 N–H and O–H groups in total. The zero-order valence-electron chi connectivity index (χ0n) is 12.3. The summed E-state index contributed by atoms with van der Waals surface area (Å²) in [4.78, 5) is 11.7. The Hall–Kier alpha value is -1.20. The molecule has 0 aromatic heterocycles. The summed E-state index contributed by atoms with van der Waals surface area (Å²) in [6.45, 7) is 2.64. The van der Waals surface area contributed by atoms with Crippen molar-refractivity contribution in [3.05, 3.63) is 29.8 Å². The van der Waals surface area contributed by atoms with E-state index in [9.17, 15) is 4.79 Å². The van der Waals surface area contributed by atoms with E-state index in [0.29, 0.717) is 6.54 Å². The maximum absolute atomic E-state index is 11.7. The third-order valence-electron chi connectivity index (χ3n) is 2.98. The Balaban J connectivity index is 2.26. The number of nitrogens with two attached hydrogens (primary N) is 1. The molecule has 1 atom stereocenters. The van der Waals surface area contributed by atoms with Crippen molar-refractivity contribution in [2.24, 2.45) is 5.73 Å². The van der Waals surface area contributed by atoms with Gasteiger partial charge in [-0.3, -0.25) is 0 Å². The van der Waals surface area contributed by atoms with E-state index >= 15 is 0 Å². The lowest BCUT2D eigenvalue weighted by atomic mass is 10.1. The SMILES string of the molecule is CSCCCCCNC(=O)Nc1cccc(C(C)N)c1. The molecule has 0 bridgehead atoms. The first-order chi connectivity index (χ1) is 9.63. The minimum atomic E-state index is -0.156. The van der Waals surface area contributed by atoms with Crippen molar-refractivity contribution in [1.29, 1.82) is 0 Å². The predicted octanol–water partition coefficient (Wildman–Crippen LogP) is 3.36. The minimum absolute atomic E-state index is 0.0313. The lowest BCUT2D eigenvalue weighted by Gasteiger charge is -2.10. The third kappa shape index (κ3) is 6.82. The number of urea groups is 1. The van der Waals surface area contributed by atoms with Gasteiger partial charge in [0.1, 0.15) is 0 Å². The largest absolute Gasteiger partial charge is 0.338 e. The molecule has 2 amide bonds. The number of rotatable bonds is 8. The summed E-state index contributed by atoms with van der Waals surface area (Å²) in [5, 5.41) is 5.70. The van der Waals surface area contributed by atoms with Gasteiger partial charge in [0.2, 0.25) is 0 Å². The molecule has 0 spiro atoms. The Morgan fingerprint density at radius 3 is 2.85 bits per heavy atom. The second kappa shape index (κ2) is 9.66. The molecule has 0 saturated heterocycles. The fraction of sp³-hybridized carbons (Fsp3) is 0.533. The van der Waals surface area contributed by atoms with Crippen LogP contribution in [-0.4, -0.2) is 24.6 Å². The van der Waals surface area contributed by atoms with Gasteiger partial charge in [0, 0.05) is 18.3 Å². The molecule has 1 aromatic rings. The normalized spacial score (nSPS) is 11.9. The summed E-state index contributed by atoms with van der Waals surface area (Å²) < 4.78 is 0. The molecule has 1 aromatic carbocycles. The minimum Gasteiger partial charge on any atom is -0.338 e. The monoisotopic (exact) mass is 295 g/mol. The van der Waals surface area contributed by atoms with Gasteiger partial charge in [0.05, 0.1) is 0 Å². The van der Waals surface area contributed by atoms with Gasteiger partial charge in [-0.15, -0.1) is 0 Å². The van der Waals surface area contributed by atoms with Gasteiger partial charge in [0.15, 0.2) is 0 Å². The van der Waals surface area contributed by atoms with Crippen LogP contribution in [0.25, 0.3) is 0 Å². The van der Waals surface area contributed by atoms with Crippen LogP contribution in [0.3, 0.4) is 0 Å². The Labute approximate surface area is 125 Å². The van der Waals surface area contributed by atoms with Crippen LogP contribution in [0.1, 0.15) is 37.8 Å². The number of nitrogens with one attached hydrogen (secondary N) is 2. The summed E-state index contributed by atoms with van der Waals surface area (Å²) in [5.41, 5.74) is 7.61. The zero-order chi connectivity index (χ0) is 14.8. The number of hydrogen-bond acceptors (Lipinski definition) is 3. The number of hydrogen-bond donors (Lipinski definition) is 3. The molecule has 0 aliphatic heterocycles. The van der Waals surface area contributed by atoms with Crippen molar-refractivity contribution in [2.45, 2.75) is 32.2 Å². The van der Waals surface area contributed by atoms with Crippen LogP contribution in [0.2, 0.25) is 0 Å². The van der Waals surface area contributed by atoms with Crippen LogP contribution in [-0.2, 0) is 0 Å². The maximum atomic E-state index is 11.7. The van der Waals surface area contributed by atoms with Crippen molar-refractivity contribution < 1.29 is 4.79 Å². The van der Waals surface area contributed by atoms with E-state index < -0.39 is 0 Å². The van der Waals surface area contributed by atoms with Gasteiger partial charge in [-0.1, -0.05) is 18.6 Å². The van der Waals surface area contributed by atoms with E-state index in [0.717, 1.165) is 24.1 Å². The Morgan fingerprint density at radius 2 is 2.15 bits per heavy atom. The Kier molecular flexibility index (Phi) is 8.14. The fourth-order valence-electron chi connectivity index (χ4n) is 1.83. The number of benzene rings is 1. The second-order valence-electron chi connectivity index (χ2n) is 4.85. The first-order valence-electron chi connectivity index (χ1n) is 7.03. The maximum Gasteiger partial charge on any atom is 0.319 e. The summed E-state index contributed by atoms with van der Waals surface area (Å²) in [6.07, 6.45) is 5.50. The van der Waals surface area contributed by atoms with Crippen LogP contribution < -0.4 is 16.4 Å². The van der Waals surface area contributed by atoms with Gasteiger partial charge in [-0.2, -0.15) is 11.8 Å². The molecule has 0 radical (unpaired) electrons. The molecule has 0 saturated carbocycles. The van der Waals surface area contributed by atoms with E-state index in [2.05, 4.69) is 16.9 Å². The summed E-state index contributed by atoms with van der Waals surface area (Å²) in [5.74, 6) is 1.19. The third-order valence-corrected chi connectivity index (χ3v) is 3.68. The summed E-state index contributed by atoms with van der Waals surface area (Å²) in [6, 6.07) is 7.44. The van der Waals surface area contributed by atoms with E-state index in [1.807, 2.05) is 43.0 Å². The summed E-state index contributed by atoms with van der Waals surface area (Å²) in [7, 11) is 0. The van der Waals surface area contributed by atoms with Crippen molar-refractivity contribution >= 4 is 23.5 Å². The van der Waals surface area contributed by atoms with Crippen molar-refractivity contribution in [2.75, 3.05) is 23.9 Å². The Morgan fingerprint density at radius 1 is 1.35 bits per heavy atom. The molecule has 20 heavy (non-hydrogen) atoms. The van der Waals surface area contributed by atoms with Gasteiger partial charge >= 0.3 is 6.03 Å². The molecule has 112 valence electrons. The highest BCUT2D eigenvalue weighted by Gasteiger charge is 2.03. The molecule has 0 aliphatic rings. The predicted molar refractivity (Wildman–Crippen MR) is 88.3 cm³/mol. The molecule has 5 heteroatoms. The van der Waals surface area contributed by atoms with Crippen LogP contribution in [0.5, 0.6) is 0 Å². The number of carbonyl (C=O) groups is 1. The number of amides is 2. The highest BCUT2D eigenvalue weighted by molar-refractivity contribution is 7.98. The van der Waals surface area contributed by atoms with Crippen LogP contribution >= 0.6 is 11.8 Å². The van der Waals surface area contributed by atoms with Crippen molar-refractivity contribution in [3.8, 4) is 0 Å². The number of anilines is 1. The topological polar surface area (TPSA) is 67.2 Å². The second-order valence-corrected chi connectivity index (χ2v) is 5.83. The molecule has 0 fully saturated rings. The molecule has 1 rings (SSSR count). The van der Waals surface area contributed by atoms with E-state index in [-0.39, 0.29) is 12.1 Å². The standard InChI is InChI=1S/C15H25N3OS/c1-12(16)13-7-6-8-14(11-13)18-15(19)17-9-4-3-5-10-20-2/h6-8,11-12H,3-5,9-10,16H2,1-2H3,(H2,17,18,19). The fourth-order valence-corrected chi connectivity index (χ4v) is 2.32. The van der Waals surface area contributed by atoms with Crippen LogP contribution in [0.4, 0.5) is 10.5 Å². The molecule has 4 nitrogen and oxygen atoms in total. The molecule has 1 unspecified atom stereocenters. The highest BCUT2D eigenvalue weighted by atomic mass is 32.2. The average molecular weight is 295 g/mol. The van der Waals surface area contributed by atoms with Gasteiger partial charge < -0.3 is 16.4 Å². The zero-order valence-corrected chi connectivity index (χ0v) is 13.1. The van der Waals surface area contributed by atoms with E-state index in [1.165, 1.54) is 12.2 Å². The molecule has 0 aliphatic carbocycles. The van der Waals surface area contributed by atoms with Gasteiger partial charge in [0.25, 0.3) is 0 Å². The first kappa shape index (κ1) is 16.9. The number of thioether (sulfide) groups is 1. The van der Waals surface area contributed by atoms with E-state index in [1.54, 1.807) is 0 Å². The number of carbonyl (C=O) groups excluding carboxylic acids is 1. The van der Waals surface area contributed by atoms with Gasteiger partial charge in [-0.25, -0.2) is 4.79 Å². The molecular formula is C15H25N3OS. The summed E-state index contributed by atoms with van der Waals surface area (Å²) >= 11 is 1.86. The lowest BCUT2D eigenvalue weighted by Crippen LogP contribution is -2.29. The first-order valence-corrected chi connectivity index (χ1v) is 8.42. The van der Waals surface area contributed by atoms with E-state index in [4.69, 9.17) is 5.73 Å². The van der Waals surface area contributed by atoms with Crippen LogP contribution in [0.15, 0.2) is 24.3 Å². The van der Waals surface area contributed by atoms with Crippen molar-refractivity contribution in [1.82, 2.24) is 5.32 Å². The van der Waals surface area contributed by atoms with Crippen LogP contribution in [0, 0.1) is 0 Å². The highest BCUT2D eigenvalue weighted by Crippen LogP contribution is 2.15. The number of unbranched alkanes of at least 4 members (excludes halogenated alkanes) is 2. The Bertz CT molecular complexity index is 410. The lowest BCUT2D eigenvalue weighted by molar-refractivity contribution is 0.252. The van der Waals surface area contributed by atoms with Gasteiger partial charge in [-0.05, 0) is 49.5 Å².